The smallest absolute Gasteiger partial charge is 0.237 e. The zero-order valence-corrected chi connectivity index (χ0v) is 18.6. The summed E-state index contributed by atoms with van der Waals surface area (Å²) in [6.45, 7) is 7.89. The number of aromatic nitrogens is 3. The molecule has 0 spiro atoms. The molecule has 2 atom stereocenters. The number of sulfone groups is 1. The molecule has 29 heavy (non-hydrogen) atoms. The van der Waals surface area contributed by atoms with Crippen LogP contribution in [-0.4, -0.2) is 45.8 Å². The van der Waals surface area contributed by atoms with E-state index < -0.39 is 15.1 Å². The van der Waals surface area contributed by atoms with E-state index in [4.69, 9.17) is 11.6 Å². The number of aryl methyl sites for hydroxylation is 1. The van der Waals surface area contributed by atoms with Gasteiger partial charge in [0.25, 0.3) is 0 Å². The number of halogens is 1. The van der Waals surface area contributed by atoms with E-state index in [1.807, 2.05) is 17.6 Å². The molecule has 1 N–H and O–H groups in total. The summed E-state index contributed by atoms with van der Waals surface area (Å²) in [5, 5.41) is 12.0. The first-order valence-electron chi connectivity index (χ1n) is 9.18. The van der Waals surface area contributed by atoms with Crippen LogP contribution in [-0.2, 0) is 21.2 Å². The average molecular weight is 455 g/mol. The number of anilines is 1. The fraction of sp³-hybridized carbons (Fsp3) is 0.421. The highest BCUT2D eigenvalue weighted by Gasteiger charge is 2.33. The molecule has 10 heteroatoms. The molecule has 0 saturated carbocycles. The van der Waals surface area contributed by atoms with Crippen molar-refractivity contribution in [3.05, 3.63) is 47.3 Å². The van der Waals surface area contributed by atoms with Gasteiger partial charge in [-0.1, -0.05) is 35.5 Å². The minimum Gasteiger partial charge on any atom is -0.325 e. The van der Waals surface area contributed by atoms with Crippen molar-refractivity contribution in [3.8, 4) is 0 Å². The molecule has 7 nitrogen and oxygen atoms in total. The number of carbonyl (C=O) groups excluding carboxylic acids is 1. The molecule has 1 saturated heterocycles. The van der Waals surface area contributed by atoms with Crippen LogP contribution in [0.15, 0.2) is 36.0 Å². The highest BCUT2D eigenvalue weighted by atomic mass is 35.5. The fourth-order valence-electron chi connectivity index (χ4n) is 3.16. The lowest BCUT2D eigenvalue weighted by Gasteiger charge is -2.15. The van der Waals surface area contributed by atoms with E-state index >= 15 is 0 Å². The van der Waals surface area contributed by atoms with E-state index in [0.29, 0.717) is 34.7 Å². The van der Waals surface area contributed by atoms with Gasteiger partial charge in [0.05, 0.1) is 16.8 Å². The zero-order valence-electron chi connectivity index (χ0n) is 16.3. The fourth-order valence-corrected chi connectivity index (χ4v) is 5.94. The number of hydrogen-bond donors (Lipinski definition) is 1. The number of amides is 1. The van der Waals surface area contributed by atoms with Crippen molar-refractivity contribution in [2.75, 3.05) is 16.8 Å². The number of carbonyl (C=O) groups is 1. The Hall–Kier alpha value is -1.84. The first-order valence-corrected chi connectivity index (χ1v) is 12.3. The lowest BCUT2D eigenvalue weighted by atomic mass is 10.1. The van der Waals surface area contributed by atoms with Crippen LogP contribution >= 0.6 is 23.4 Å². The molecule has 1 aliphatic heterocycles. The second kappa shape index (κ2) is 8.89. The summed E-state index contributed by atoms with van der Waals surface area (Å²) in [7, 11) is -3.03. The van der Waals surface area contributed by atoms with Gasteiger partial charge in [0.2, 0.25) is 5.91 Å². The molecule has 1 aromatic heterocycles. The maximum atomic E-state index is 12.7. The second-order valence-corrected chi connectivity index (χ2v) is 11.0. The highest BCUT2D eigenvalue weighted by Crippen LogP contribution is 2.31. The van der Waals surface area contributed by atoms with Crippen molar-refractivity contribution in [1.29, 1.82) is 0 Å². The molecule has 1 aromatic carbocycles. The van der Waals surface area contributed by atoms with Gasteiger partial charge in [-0.05, 0) is 38.0 Å². The predicted octanol–water partition coefficient (Wildman–Crippen LogP) is 3.45. The van der Waals surface area contributed by atoms with E-state index in [2.05, 4.69) is 22.1 Å². The predicted molar refractivity (Wildman–Crippen MR) is 116 cm³/mol. The van der Waals surface area contributed by atoms with Crippen LogP contribution in [0.4, 0.5) is 5.69 Å². The van der Waals surface area contributed by atoms with E-state index in [-0.39, 0.29) is 23.3 Å². The molecule has 2 aromatic rings. The van der Waals surface area contributed by atoms with Crippen LogP contribution in [0.5, 0.6) is 0 Å². The van der Waals surface area contributed by atoms with Crippen LogP contribution in [0.3, 0.4) is 0 Å². The van der Waals surface area contributed by atoms with Crippen LogP contribution in [0.2, 0.25) is 5.02 Å². The lowest BCUT2D eigenvalue weighted by molar-refractivity contribution is -0.115. The first kappa shape index (κ1) is 21.9. The summed E-state index contributed by atoms with van der Waals surface area (Å²) in [5.41, 5.74) is 1.58. The maximum Gasteiger partial charge on any atom is 0.237 e. The number of nitrogens with one attached hydrogen (secondary N) is 1. The minimum atomic E-state index is -3.03. The van der Waals surface area contributed by atoms with Crippen molar-refractivity contribution >= 4 is 44.8 Å². The summed E-state index contributed by atoms with van der Waals surface area (Å²) >= 11 is 7.29. The number of benzene rings is 1. The van der Waals surface area contributed by atoms with Gasteiger partial charge in [0.15, 0.2) is 15.0 Å². The van der Waals surface area contributed by atoms with Gasteiger partial charge in [-0.15, -0.1) is 16.8 Å². The number of rotatable bonds is 7. The molecule has 0 aliphatic carbocycles. The molecule has 2 unspecified atom stereocenters. The SMILES string of the molecule is C=CCn1c(SC(C)C(=O)Nc2cc(Cl)ccc2C)nnc1C1CCS(=O)(=O)C1. The van der Waals surface area contributed by atoms with Crippen molar-refractivity contribution < 1.29 is 13.2 Å². The van der Waals surface area contributed by atoms with Crippen LogP contribution in [0.1, 0.15) is 30.7 Å². The third-order valence-electron chi connectivity index (χ3n) is 4.76. The van der Waals surface area contributed by atoms with Crippen molar-refractivity contribution in [3.63, 3.8) is 0 Å². The van der Waals surface area contributed by atoms with Crippen LogP contribution in [0, 0.1) is 6.92 Å². The normalized spacial score (nSPS) is 19.1. The Kier molecular flexibility index (Phi) is 6.70. The van der Waals surface area contributed by atoms with Gasteiger partial charge in [-0.2, -0.15) is 0 Å². The quantitative estimate of drug-likeness (QED) is 0.508. The molecule has 3 rings (SSSR count). The molecule has 156 valence electrons. The molecular weight excluding hydrogens is 432 g/mol. The topological polar surface area (TPSA) is 93.9 Å². The van der Waals surface area contributed by atoms with E-state index in [1.165, 1.54) is 11.8 Å². The average Bonchev–Trinajstić information content (AvgIpc) is 3.21. The van der Waals surface area contributed by atoms with Crippen molar-refractivity contribution in [1.82, 2.24) is 14.8 Å². The number of nitrogens with zero attached hydrogens (tertiary/aromatic N) is 3. The summed E-state index contributed by atoms with van der Waals surface area (Å²) in [6.07, 6.45) is 2.24. The summed E-state index contributed by atoms with van der Waals surface area (Å²) in [4.78, 5) is 12.7. The Morgan fingerprint density at radius 1 is 1.48 bits per heavy atom. The lowest BCUT2D eigenvalue weighted by Crippen LogP contribution is -2.23. The largest absolute Gasteiger partial charge is 0.325 e. The molecule has 1 aliphatic rings. The van der Waals surface area contributed by atoms with Crippen LogP contribution < -0.4 is 5.32 Å². The molecule has 1 amide bonds. The number of thioether (sulfide) groups is 1. The maximum absolute atomic E-state index is 12.7. The van der Waals surface area contributed by atoms with Gasteiger partial charge in [-0.3, -0.25) is 4.79 Å². The number of hydrogen-bond acceptors (Lipinski definition) is 6. The summed E-state index contributed by atoms with van der Waals surface area (Å²) < 4.78 is 25.5. The Bertz CT molecular complexity index is 1040. The summed E-state index contributed by atoms with van der Waals surface area (Å²) in [5.74, 6) is 0.515. The summed E-state index contributed by atoms with van der Waals surface area (Å²) in [6, 6.07) is 5.33. The Balaban J connectivity index is 1.76. The zero-order chi connectivity index (χ0) is 21.2. The highest BCUT2D eigenvalue weighted by molar-refractivity contribution is 8.00. The Morgan fingerprint density at radius 2 is 2.24 bits per heavy atom. The second-order valence-electron chi connectivity index (χ2n) is 7.05. The van der Waals surface area contributed by atoms with Gasteiger partial charge < -0.3 is 9.88 Å². The molecule has 1 fully saturated rings. The van der Waals surface area contributed by atoms with Gasteiger partial charge in [0.1, 0.15) is 5.82 Å². The van der Waals surface area contributed by atoms with Crippen molar-refractivity contribution in [2.45, 2.75) is 43.1 Å². The Morgan fingerprint density at radius 3 is 2.90 bits per heavy atom. The van der Waals surface area contributed by atoms with E-state index in [1.54, 1.807) is 25.1 Å². The number of allylic oxidation sites excluding steroid dienone is 1. The van der Waals surface area contributed by atoms with Gasteiger partial charge >= 0.3 is 0 Å². The van der Waals surface area contributed by atoms with E-state index in [9.17, 15) is 13.2 Å². The minimum absolute atomic E-state index is 0.0804. The standard InChI is InChI=1S/C19H23ClN4O3S2/c1-4-8-24-17(14-7-9-29(26,27)11-14)22-23-19(24)28-13(3)18(25)21-16-10-15(20)6-5-12(16)2/h4-6,10,13-14H,1,7-9,11H2,2-3H3,(H,21,25). The third kappa shape index (κ3) is 5.21. The monoisotopic (exact) mass is 454 g/mol. The first-order chi connectivity index (χ1) is 13.7. The van der Waals surface area contributed by atoms with E-state index in [0.717, 1.165) is 5.56 Å². The van der Waals surface area contributed by atoms with Crippen molar-refractivity contribution in [2.24, 2.45) is 0 Å². The van der Waals surface area contributed by atoms with Crippen LogP contribution in [0.25, 0.3) is 0 Å². The van der Waals surface area contributed by atoms with Gasteiger partial charge in [0, 0.05) is 23.2 Å². The third-order valence-corrected chi connectivity index (χ3v) is 7.85. The Labute approximate surface area is 179 Å². The molecule has 0 bridgehead atoms. The molecule has 2 heterocycles. The molecule has 0 radical (unpaired) electrons. The molecular formula is C19H23ClN4O3S2. The van der Waals surface area contributed by atoms with Gasteiger partial charge in [-0.25, -0.2) is 8.42 Å².